The first-order chi connectivity index (χ1) is 13.2. The Bertz CT molecular complexity index is 916. The van der Waals surface area contributed by atoms with Crippen LogP contribution < -0.4 is 10.6 Å². The second-order valence-electron chi connectivity index (χ2n) is 5.85. The van der Waals surface area contributed by atoms with Gasteiger partial charge in [-0.1, -0.05) is 12.1 Å². The highest BCUT2D eigenvalue weighted by molar-refractivity contribution is 5.97. The number of halogens is 1. The quantitative estimate of drug-likeness (QED) is 0.593. The van der Waals surface area contributed by atoms with Gasteiger partial charge in [0.15, 0.2) is 0 Å². The van der Waals surface area contributed by atoms with Gasteiger partial charge in [-0.3, -0.25) is 4.79 Å². The van der Waals surface area contributed by atoms with Crippen molar-refractivity contribution in [3.05, 3.63) is 60.2 Å². The van der Waals surface area contributed by atoms with Crippen molar-refractivity contribution in [2.75, 3.05) is 25.1 Å². The summed E-state index contributed by atoms with van der Waals surface area (Å²) in [5.74, 6) is -0.0963. The van der Waals surface area contributed by atoms with Crippen molar-refractivity contribution < 1.29 is 13.9 Å². The second kappa shape index (κ2) is 9.05. The number of aromatic nitrogens is 2. The van der Waals surface area contributed by atoms with Crippen molar-refractivity contribution in [3.63, 3.8) is 0 Å². The molecule has 1 amide bonds. The number of amides is 1. The fourth-order valence-corrected chi connectivity index (χ4v) is 2.54. The first kappa shape index (κ1) is 18.7. The van der Waals surface area contributed by atoms with Crippen molar-refractivity contribution in [1.82, 2.24) is 15.3 Å². The summed E-state index contributed by atoms with van der Waals surface area (Å²) in [6.07, 6.45) is 0.716. The summed E-state index contributed by atoms with van der Waals surface area (Å²) in [6.45, 7) is 3.65. The summed E-state index contributed by atoms with van der Waals surface area (Å²) in [5, 5.41) is 6.71. The van der Waals surface area contributed by atoms with Crippen LogP contribution in [-0.2, 0) is 4.74 Å². The maximum absolute atomic E-state index is 13.1. The largest absolute Gasteiger partial charge is 0.382 e. The lowest BCUT2D eigenvalue weighted by atomic mass is 10.2. The monoisotopic (exact) mass is 368 g/mol. The molecule has 3 rings (SSSR count). The van der Waals surface area contributed by atoms with Crippen LogP contribution in [0.3, 0.4) is 0 Å². The molecule has 7 heteroatoms. The van der Waals surface area contributed by atoms with Gasteiger partial charge in [0.2, 0.25) is 5.82 Å². The average Bonchev–Trinajstić information content (AvgIpc) is 2.69. The molecule has 0 aliphatic carbocycles. The third kappa shape index (κ3) is 4.98. The zero-order valence-electron chi connectivity index (χ0n) is 15.0. The molecule has 6 nitrogen and oxygen atoms in total. The minimum atomic E-state index is -0.348. The minimum Gasteiger partial charge on any atom is -0.382 e. The molecular formula is C20H21FN4O2. The van der Waals surface area contributed by atoms with Gasteiger partial charge in [-0.2, -0.15) is 0 Å². The third-order valence-electron chi connectivity index (χ3n) is 3.87. The van der Waals surface area contributed by atoms with Gasteiger partial charge in [0.1, 0.15) is 11.6 Å². The summed E-state index contributed by atoms with van der Waals surface area (Å²) in [7, 11) is 0. The summed E-state index contributed by atoms with van der Waals surface area (Å²) < 4.78 is 18.4. The summed E-state index contributed by atoms with van der Waals surface area (Å²) in [4.78, 5) is 21.1. The van der Waals surface area contributed by atoms with Crippen LogP contribution in [0.15, 0.2) is 48.5 Å². The molecule has 0 saturated carbocycles. The van der Waals surface area contributed by atoms with Crippen LogP contribution in [0.1, 0.15) is 24.0 Å². The van der Waals surface area contributed by atoms with Crippen molar-refractivity contribution in [2.45, 2.75) is 13.3 Å². The lowest BCUT2D eigenvalue weighted by Crippen LogP contribution is -2.27. The standard InChI is InChI=1S/C20H21FN4O2/c1-2-27-13-5-12-22-20(26)19-24-17-7-4-3-6-16(17)18(25-19)23-15-10-8-14(21)9-11-15/h3-4,6-11H,2,5,12-13H2,1H3,(H,22,26)(H,23,24,25). The molecule has 0 atom stereocenters. The fraction of sp³-hybridized carbons (Fsp3) is 0.250. The maximum atomic E-state index is 13.1. The molecule has 2 aromatic carbocycles. The lowest BCUT2D eigenvalue weighted by molar-refractivity contribution is 0.0934. The summed E-state index contributed by atoms with van der Waals surface area (Å²) >= 11 is 0. The van der Waals surface area contributed by atoms with Gasteiger partial charge in [0.05, 0.1) is 5.52 Å². The smallest absolute Gasteiger partial charge is 0.289 e. The second-order valence-corrected chi connectivity index (χ2v) is 5.85. The average molecular weight is 368 g/mol. The molecule has 140 valence electrons. The molecule has 0 saturated heterocycles. The number of rotatable bonds is 8. The van der Waals surface area contributed by atoms with E-state index < -0.39 is 0 Å². The molecule has 0 bridgehead atoms. The molecule has 2 N–H and O–H groups in total. The van der Waals surface area contributed by atoms with Crippen LogP contribution in [0.25, 0.3) is 10.9 Å². The summed E-state index contributed by atoms with van der Waals surface area (Å²) in [6, 6.07) is 13.3. The van der Waals surface area contributed by atoms with Crippen molar-refractivity contribution in [3.8, 4) is 0 Å². The lowest BCUT2D eigenvalue weighted by Gasteiger charge is -2.11. The molecule has 0 aliphatic heterocycles. The Kier molecular flexibility index (Phi) is 6.27. The third-order valence-corrected chi connectivity index (χ3v) is 3.87. The number of carbonyl (C=O) groups excluding carboxylic acids is 1. The van der Waals surface area contributed by atoms with Gasteiger partial charge in [-0.05, 0) is 49.7 Å². The van der Waals surface area contributed by atoms with Crippen molar-refractivity contribution >= 4 is 28.3 Å². The molecule has 0 spiro atoms. The highest BCUT2D eigenvalue weighted by Gasteiger charge is 2.14. The van der Waals surface area contributed by atoms with E-state index in [4.69, 9.17) is 4.74 Å². The van der Waals surface area contributed by atoms with Gasteiger partial charge in [-0.25, -0.2) is 14.4 Å². The van der Waals surface area contributed by atoms with Crippen LogP contribution >= 0.6 is 0 Å². The zero-order valence-corrected chi connectivity index (χ0v) is 15.0. The zero-order chi connectivity index (χ0) is 19.1. The Labute approximate surface area is 156 Å². The van der Waals surface area contributed by atoms with Crippen LogP contribution in [0.5, 0.6) is 0 Å². The molecule has 0 fully saturated rings. The molecule has 1 heterocycles. The van der Waals surface area contributed by atoms with E-state index in [-0.39, 0.29) is 17.5 Å². The van der Waals surface area contributed by atoms with Crippen molar-refractivity contribution in [2.24, 2.45) is 0 Å². The van der Waals surface area contributed by atoms with Gasteiger partial charge < -0.3 is 15.4 Å². The predicted molar refractivity (Wildman–Crippen MR) is 103 cm³/mol. The fourth-order valence-electron chi connectivity index (χ4n) is 2.54. The van der Waals surface area contributed by atoms with E-state index in [1.807, 2.05) is 31.2 Å². The van der Waals surface area contributed by atoms with E-state index in [2.05, 4.69) is 20.6 Å². The number of fused-ring (bicyclic) bond motifs is 1. The number of nitrogens with zero attached hydrogens (tertiary/aromatic N) is 2. The van der Waals surface area contributed by atoms with E-state index in [1.165, 1.54) is 12.1 Å². The number of anilines is 2. The Morgan fingerprint density at radius 1 is 1.11 bits per heavy atom. The number of benzene rings is 2. The Hall–Kier alpha value is -3.06. The highest BCUT2D eigenvalue weighted by atomic mass is 19.1. The first-order valence-electron chi connectivity index (χ1n) is 8.82. The van der Waals surface area contributed by atoms with E-state index in [1.54, 1.807) is 12.1 Å². The number of carbonyl (C=O) groups is 1. The number of para-hydroxylation sites is 1. The summed E-state index contributed by atoms with van der Waals surface area (Å²) in [5.41, 5.74) is 1.32. The predicted octanol–water partition coefficient (Wildman–Crippen LogP) is 3.67. The number of hydrogen-bond acceptors (Lipinski definition) is 5. The van der Waals surface area contributed by atoms with Crippen LogP contribution in [0.4, 0.5) is 15.9 Å². The van der Waals surface area contributed by atoms with Crippen LogP contribution in [0, 0.1) is 5.82 Å². The maximum Gasteiger partial charge on any atom is 0.289 e. The molecule has 0 aliphatic rings. The van der Waals surface area contributed by atoms with Gasteiger partial charge in [-0.15, -0.1) is 0 Å². The molecule has 3 aromatic rings. The number of nitrogens with one attached hydrogen (secondary N) is 2. The first-order valence-corrected chi connectivity index (χ1v) is 8.82. The van der Waals surface area contributed by atoms with Gasteiger partial charge in [0, 0.05) is 30.8 Å². The Morgan fingerprint density at radius 3 is 2.67 bits per heavy atom. The van der Waals surface area contributed by atoms with E-state index in [0.717, 1.165) is 5.39 Å². The van der Waals surface area contributed by atoms with Gasteiger partial charge in [0.25, 0.3) is 5.91 Å². The van der Waals surface area contributed by atoms with Crippen molar-refractivity contribution in [1.29, 1.82) is 0 Å². The van der Waals surface area contributed by atoms with E-state index in [9.17, 15) is 9.18 Å². The number of ether oxygens (including phenoxy) is 1. The topological polar surface area (TPSA) is 76.1 Å². The Morgan fingerprint density at radius 2 is 1.89 bits per heavy atom. The van der Waals surface area contributed by atoms with E-state index >= 15 is 0 Å². The molecule has 0 unspecified atom stereocenters. The van der Waals surface area contributed by atoms with E-state index in [0.29, 0.717) is 43.2 Å². The van der Waals surface area contributed by atoms with Crippen LogP contribution in [-0.4, -0.2) is 35.6 Å². The highest BCUT2D eigenvalue weighted by Crippen LogP contribution is 2.24. The molecule has 0 radical (unpaired) electrons. The molecule has 1 aromatic heterocycles. The van der Waals surface area contributed by atoms with Crippen LogP contribution in [0.2, 0.25) is 0 Å². The normalized spacial score (nSPS) is 10.7. The molecular weight excluding hydrogens is 347 g/mol. The SMILES string of the molecule is CCOCCCNC(=O)c1nc(Nc2ccc(F)cc2)c2ccccc2n1. The Balaban J connectivity index is 1.82. The van der Waals surface area contributed by atoms with Gasteiger partial charge >= 0.3 is 0 Å². The number of hydrogen-bond donors (Lipinski definition) is 2. The minimum absolute atomic E-state index is 0.0784. The molecule has 27 heavy (non-hydrogen) atoms.